The quantitative estimate of drug-likeness (QED) is 0.902. The Kier molecular flexibility index (Phi) is 4.32. The molecule has 1 aliphatic carbocycles. The fraction of sp³-hybridized carbons (Fsp3) is 0.471. The van der Waals surface area contributed by atoms with E-state index in [-0.39, 0.29) is 12.0 Å². The normalized spacial score (nSPS) is 21.1. The van der Waals surface area contributed by atoms with Gasteiger partial charge in [-0.1, -0.05) is 0 Å². The summed E-state index contributed by atoms with van der Waals surface area (Å²) in [6, 6.07) is 5.90. The Balaban J connectivity index is 1.75. The zero-order valence-corrected chi connectivity index (χ0v) is 13.4. The molecule has 0 atom stereocenters. The minimum absolute atomic E-state index is 0.204. The zero-order valence-electron chi connectivity index (χ0n) is 13.4. The topological polar surface area (TPSA) is 84.3 Å². The molecule has 0 spiro atoms. The van der Waals surface area contributed by atoms with Crippen LogP contribution in [0.25, 0.3) is 11.0 Å². The van der Waals surface area contributed by atoms with Gasteiger partial charge in [0.15, 0.2) is 0 Å². The number of nitrogens with zero attached hydrogens (tertiary/aromatic N) is 2. The van der Waals surface area contributed by atoms with Crippen LogP contribution in [0.4, 0.5) is 5.82 Å². The van der Waals surface area contributed by atoms with E-state index in [2.05, 4.69) is 15.3 Å². The predicted octanol–water partition coefficient (Wildman–Crippen LogP) is 3.00. The number of carboxylic acid groups (broad SMARTS) is 1. The summed E-state index contributed by atoms with van der Waals surface area (Å²) in [5, 5.41) is 12.5. The number of hydrogen-bond donors (Lipinski definition) is 2. The molecule has 6 heteroatoms. The summed E-state index contributed by atoms with van der Waals surface area (Å²) < 4.78 is 5.21. The number of ether oxygens (including phenoxy) is 1. The van der Waals surface area contributed by atoms with E-state index < -0.39 is 5.97 Å². The van der Waals surface area contributed by atoms with Crippen LogP contribution >= 0.6 is 0 Å². The number of aliphatic carboxylic acids is 1. The van der Waals surface area contributed by atoms with E-state index >= 15 is 0 Å². The fourth-order valence-corrected chi connectivity index (χ4v) is 3.06. The number of anilines is 1. The average molecular weight is 315 g/mol. The summed E-state index contributed by atoms with van der Waals surface area (Å²) in [5.41, 5.74) is 2.46. The van der Waals surface area contributed by atoms with Crippen molar-refractivity contribution in [2.45, 2.75) is 38.6 Å². The number of benzene rings is 1. The first-order valence-corrected chi connectivity index (χ1v) is 7.88. The molecular weight excluding hydrogens is 294 g/mol. The van der Waals surface area contributed by atoms with Gasteiger partial charge < -0.3 is 15.2 Å². The molecule has 1 saturated carbocycles. The van der Waals surface area contributed by atoms with Gasteiger partial charge in [0, 0.05) is 12.1 Å². The predicted molar refractivity (Wildman–Crippen MR) is 87.8 cm³/mol. The first kappa shape index (κ1) is 15.5. The largest absolute Gasteiger partial charge is 0.497 e. The van der Waals surface area contributed by atoms with Crippen molar-refractivity contribution in [1.82, 2.24) is 9.97 Å². The van der Waals surface area contributed by atoms with Crippen LogP contribution in [-0.2, 0) is 4.79 Å². The van der Waals surface area contributed by atoms with Crippen LogP contribution in [0.5, 0.6) is 5.75 Å². The molecule has 0 saturated heterocycles. The number of nitrogens with one attached hydrogen (secondary N) is 1. The summed E-state index contributed by atoms with van der Waals surface area (Å²) in [6.07, 6.45) is 3.12. The maximum absolute atomic E-state index is 11.0. The van der Waals surface area contributed by atoms with Crippen LogP contribution in [0, 0.1) is 12.8 Å². The van der Waals surface area contributed by atoms with Gasteiger partial charge in [0.05, 0.1) is 29.8 Å². The number of fused-ring (bicyclic) bond motifs is 1. The summed E-state index contributed by atoms with van der Waals surface area (Å²) >= 11 is 0. The summed E-state index contributed by atoms with van der Waals surface area (Å²) in [5.74, 6) is 0.656. The molecule has 0 radical (unpaired) electrons. The maximum atomic E-state index is 11.0. The molecule has 1 heterocycles. The molecule has 0 aliphatic heterocycles. The molecule has 0 bridgehead atoms. The van der Waals surface area contributed by atoms with Crippen molar-refractivity contribution in [3.63, 3.8) is 0 Å². The van der Waals surface area contributed by atoms with Gasteiger partial charge in [0.25, 0.3) is 0 Å². The first-order valence-electron chi connectivity index (χ1n) is 7.88. The van der Waals surface area contributed by atoms with Gasteiger partial charge in [0.1, 0.15) is 11.6 Å². The number of aromatic nitrogens is 2. The summed E-state index contributed by atoms with van der Waals surface area (Å²) in [4.78, 5) is 20.3. The molecule has 6 nitrogen and oxygen atoms in total. The van der Waals surface area contributed by atoms with E-state index in [0.29, 0.717) is 12.8 Å². The van der Waals surface area contributed by atoms with Crippen LogP contribution in [0.15, 0.2) is 18.2 Å². The van der Waals surface area contributed by atoms with Crippen molar-refractivity contribution >= 4 is 22.8 Å². The second-order valence-electron chi connectivity index (χ2n) is 6.04. The van der Waals surface area contributed by atoms with E-state index in [0.717, 1.165) is 41.1 Å². The third kappa shape index (κ3) is 3.36. The molecule has 2 N–H and O–H groups in total. The minimum Gasteiger partial charge on any atom is -0.497 e. The molecule has 1 aromatic carbocycles. The molecule has 0 amide bonds. The average Bonchev–Trinajstić information content (AvgIpc) is 2.55. The van der Waals surface area contributed by atoms with Crippen molar-refractivity contribution in [3.05, 3.63) is 23.9 Å². The Morgan fingerprint density at radius 1 is 1.22 bits per heavy atom. The van der Waals surface area contributed by atoms with E-state index in [1.54, 1.807) is 7.11 Å². The van der Waals surface area contributed by atoms with Gasteiger partial charge >= 0.3 is 5.97 Å². The first-order chi connectivity index (χ1) is 11.1. The molecule has 3 rings (SSSR count). The van der Waals surface area contributed by atoms with Gasteiger partial charge in [-0.05, 0) is 44.7 Å². The van der Waals surface area contributed by atoms with Gasteiger partial charge in [0.2, 0.25) is 0 Å². The number of carboxylic acids is 1. The van der Waals surface area contributed by atoms with E-state index in [1.165, 1.54) is 0 Å². The molecule has 1 aliphatic rings. The highest BCUT2D eigenvalue weighted by molar-refractivity contribution is 5.78. The number of carbonyl (C=O) groups is 1. The highest BCUT2D eigenvalue weighted by Crippen LogP contribution is 2.28. The molecule has 1 aromatic heterocycles. The van der Waals surface area contributed by atoms with Crippen molar-refractivity contribution in [2.75, 3.05) is 12.4 Å². The second-order valence-corrected chi connectivity index (χ2v) is 6.04. The van der Waals surface area contributed by atoms with Crippen LogP contribution in [0.2, 0.25) is 0 Å². The third-order valence-corrected chi connectivity index (χ3v) is 4.46. The molecule has 23 heavy (non-hydrogen) atoms. The Bertz CT molecular complexity index is 724. The summed E-state index contributed by atoms with van der Waals surface area (Å²) in [6.45, 7) is 1.93. The number of rotatable bonds is 4. The lowest BCUT2D eigenvalue weighted by atomic mass is 9.86. The molecule has 122 valence electrons. The van der Waals surface area contributed by atoms with Gasteiger partial charge in [-0.3, -0.25) is 4.79 Å². The van der Waals surface area contributed by atoms with Crippen molar-refractivity contribution in [3.8, 4) is 5.75 Å². The third-order valence-electron chi connectivity index (χ3n) is 4.46. The molecule has 2 aromatic rings. The van der Waals surface area contributed by atoms with Crippen LogP contribution in [-0.4, -0.2) is 34.2 Å². The Hall–Kier alpha value is -2.37. The SMILES string of the molecule is COc1ccc2nc(NC3CCC(C(=O)O)CC3)c(C)nc2c1. The minimum atomic E-state index is -0.681. The summed E-state index contributed by atoms with van der Waals surface area (Å²) in [7, 11) is 1.63. The van der Waals surface area contributed by atoms with E-state index in [9.17, 15) is 4.79 Å². The van der Waals surface area contributed by atoms with Gasteiger partial charge in [-0.15, -0.1) is 0 Å². The lowest BCUT2D eigenvalue weighted by Gasteiger charge is -2.27. The van der Waals surface area contributed by atoms with Crippen LogP contribution < -0.4 is 10.1 Å². The lowest BCUT2D eigenvalue weighted by molar-refractivity contribution is -0.142. The van der Waals surface area contributed by atoms with Gasteiger partial charge in [-0.25, -0.2) is 9.97 Å². The maximum Gasteiger partial charge on any atom is 0.306 e. The fourth-order valence-electron chi connectivity index (χ4n) is 3.06. The Labute approximate surface area is 134 Å². The zero-order chi connectivity index (χ0) is 16.4. The highest BCUT2D eigenvalue weighted by atomic mass is 16.5. The molecular formula is C17H21N3O3. The smallest absolute Gasteiger partial charge is 0.306 e. The van der Waals surface area contributed by atoms with E-state index in [4.69, 9.17) is 9.84 Å². The number of aryl methyl sites for hydroxylation is 1. The molecule has 0 unspecified atom stereocenters. The van der Waals surface area contributed by atoms with Crippen LogP contribution in [0.1, 0.15) is 31.4 Å². The number of hydrogen-bond acceptors (Lipinski definition) is 5. The monoisotopic (exact) mass is 315 g/mol. The van der Waals surface area contributed by atoms with Gasteiger partial charge in [-0.2, -0.15) is 0 Å². The lowest BCUT2D eigenvalue weighted by Crippen LogP contribution is -2.29. The van der Waals surface area contributed by atoms with E-state index in [1.807, 2.05) is 25.1 Å². The van der Waals surface area contributed by atoms with Crippen molar-refractivity contribution in [2.24, 2.45) is 5.92 Å². The van der Waals surface area contributed by atoms with Crippen molar-refractivity contribution < 1.29 is 14.6 Å². The Morgan fingerprint density at radius 2 is 1.96 bits per heavy atom. The van der Waals surface area contributed by atoms with Crippen LogP contribution in [0.3, 0.4) is 0 Å². The highest BCUT2D eigenvalue weighted by Gasteiger charge is 2.26. The Morgan fingerprint density at radius 3 is 2.61 bits per heavy atom. The molecule has 1 fully saturated rings. The standard InChI is InChI=1S/C17H21N3O3/c1-10-16(19-12-5-3-11(4-6-12)17(21)22)20-14-8-7-13(23-2)9-15(14)18-10/h7-9,11-12H,3-6H2,1-2H3,(H,19,20)(H,21,22). The second kappa shape index (κ2) is 6.40. The van der Waals surface area contributed by atoms with Crippen molar-refractivity contribution in [1.29, 1.82) is 0 Å². The number of methoxy groups -OCH3 is 1.